The fraction of sp³-hybridized carbons (Fsp3) is 0.889. The minimum absolute atomic E-state index is 0.0408. The van der Waals surface area contributed by atoms with Crippen LogP contribution >= 0.6 is 0 Å². The van der Waals surface area contributed by atoms with E-state index in [0.717, 1.165) is 0 Å². The van der Waals surface area contributed by atoms with E-state index in [-0.39, 0.29) is 24.1 Å². The van der Waals surface area contributed by atoms with Crippen molar-refractivity contribution in [2.24, 2.45) is 0 Å². The maximum absolute atomic E-state index is 11.4. The maximum Gasteiger partial charge on any atom is 0.237 e. The second kappa shape index (κ2) is 5.19. The minimum atomic E-state index is -0.258. The number of nitrogens with one attached hydrogen (secondary N) is 2. The van der Waals surface area contributed by atoms with Crippen molar-refractivity contribution in [2.75, 3.05) is 13.2 Å². The van der Waals surface area contributed by atoms with E-state index in [1.807, 2.05) is 20.8 Å². The highest BCUT2D eigenvalue weighted by molar-refractivity contribution is 5.81. The Hall–Kier alpha value is -0.610. The van der Waals surface area contributed by atoms with Gasteiger partial charge in [-0.2, -0.15) is 0 Å². The van der Waals surface area contributed by atoms with E-state index in [1.54, 1.807) is 6.92 Å². The largest absolute Gasteiger partial charge is 0.395 e. The molecule has 0 aromatic heterocycles. The summed E-state index contributed by atoms with van der Waals surface area (Å²) in [4.78, 5) is 11.4. The van der Waals surface area contributed by atoms with E-state index < -0.39 is 0 Å². The van der Waals surface area contributed by atoms with Crippen molar-refractivity contribution in [1.29, 1.82) is 0 Å². The van der Waals surface area contributed by atoms with Crippen molar-refractivity contribution >= 4 is 5.91 Å². The lowest BCUT2D eigenvalue weighted by molar-refractivity contribution is -0.124. The average Bonchev–Trinajstić information content (AvgIpc) is 1.96. The summed E-state index contributed by atoms with van der Waals surface area (Å²) in [5.41, 5.74) is -0.202. The van der Waals surface area contributed by atoms with Crippen LogP contribution in [0.4, 0.5) is 0 Å². The van der Waals surface area contributed by atoms with Gasteiger partial charge in [0, 0.05) is 12.1 Å². The van der Waals surface area contributed by atoms with Crippen LogP contribution in [-0.2, 0) is 4.79 Å². The third-order valence-electron chi connectivity index (χ3n) is 1.45. The normalized spacial score (nSPS) is 13.9. The lowest BCUT2D eigenvalue weighted by atomic mass is 10.1. The molecule has 0 saturated heterocycles. The zero-order chi connectivity index (χ0) is 10.5. The zero-order valence-corrected chi connectivity index (χ0v) is 8.85. The van der Waals surface area contributed by atoms with Crippen molar-refractivity contribution in [3.63, 3.8) is 0 Å². The number of hydrogen-bond donors (Lipinski definition) is 3. The molecule has 0 radical (unpaired) electrons. The number of rotatable bonds is 4. The van der Waals surface area contributed by atoms with Gasteiger partial charge < -0.3 is 15.7 Å². The Balaban J connectivity index is 3.83. The first-order valence-electron chi connectivity index (χ1n) is 4.53. The number of aliphatic hydroxyl groups excluding tert-OH is 1. The molecular weight excluding hydrogens is 168 g/mol. The molecule has 0 aromatic rings. The summed E-state index contributed by atoms with van der Waals surface area (Å²) >= 11 is 0. The Kier molecular flexibility index (Phi) is 4.95. The summed E-state index contributed by atoms with van der Waals surface area (Å²) in [6.07, 6.45) is 0. The predicted octanol–water partition coefficient (Wildman–Crippen LogP) is -0.128. The van der Waals surface area contributed by atoms with Gasteiger partial charge in [-0.3, -0.25) is 4.79 Å². The van der Waals surface area contributed by atoms with E-state index in [0.29, 0.717) is 6.54 Å². The first-order valence-corrected chi connectivity index (χ1v) is 4.53. The van der Waals surface area contributed by atoms with Gasteiger partial charge in [0.25, 0.3) is 0 Å². The smallest absolute Gasteiger partial charge is 0.237 e. The summed E-state index contributed by atoms with van der Waals surface area (Å²) in [7, 11) is 0. The number of amides is 1. The van der Waals surface area contributed by atoms with Gasteiger partial charge in [-0.15, -0.1) is 0 Å². The molecule has 0 rings (SSSR count). The molecule has 13 heavy (non-hydrogen) atoms. The summed E-state index contributed by atoms with van der Waals surface area (Å²) in [6.45, 7) is 8.07. The average molecular weight is 188 g/mol. The quantitative estimate of drug-likeness (QED) is 0.576. The maximum atomic E-state index is 11.4. The number of aliphatic hydroxyl groups is 1. The Bertz CT molecular complexity index is 163. The van der Waals surface area contributed by atoms with E-state index in [9.17, 15) is 4.79 Å². The summed E-state index contributed by atoms with van der Waals surface area (Å²) in [5.74, 6) is -0.0408. The molecule has 0 aliphatic rings. The molecule has 1 atom stereocenters. The zero-order valence-electron chi connectivity index (χ0n) is 8.85. The van der Waals surface area contributed by atoms with Crippen LogP contribution in [0.2, 0.25) is 0 Å². The minimum Gasteiger partial charge on any atom is -0.395 e. The lowest BCUT2D eigenvalue weighted by Crippen LogP contribution is -2.49. The fourth-order valence-corrected chi connectivity index (χ4v) is 0.852. The second-order valence-corrected chi connectivity index (χ2v) is 4.14. The molecule has 0 spiro atoms. The van der Waals surface area contributed by atoms with E-state index in [4.69, 9.17) is 5.11 Å². The summed E-state index contributed by atoms with van der Waals surface area (Å²) in [6, 6.07) is -0.258. The predicted molar refractivity (Wildman–Crippen MR) is 52.4 cm³/mol. The van der Waals surface area contributed by atoms with Crippen molar-refractivity contribution in [2.45, 2.75) is 39.3 Å². The van der Waals surface area contributed by atoms with Crippen LogP contribution in [0.1, 0.15) is 27.7 Å². The van der Waals surface area contributed by atoms with Gasteiger partial charge in [0.05, 0.1) is 12.6 Å². The highest BCUT2D eigenvalue weighted by Gasteiger charge is 2.18. The lowest BCUT2D eigenvalue weighted by Gasteiger charge is -2.23. The molecule has 0 aliphatic heterocycles. The van der Waals surface area contributed by atoms with Crippen LogP contribution in [0, 0.1) is 0 Å². The molecule has 0 bridgehead atoms. The van der Waals surface area contributed by atoms with Gasteiger partial charge in [-0.25, -0.2) is 0 Å². The van der Waals surface area contributed by atoms with Crippen molar-refractivity contribution in [3.05, 3.63) is 0 Å². The molecule has 0 saturated carbocycles. The fourth-order valence-electron chi connectivity index (χ4n) is 0.852. The topological polar surface area (TPSA) is 61.4 Å². The third kappa shape index (κ3) is 6.54. The van der Waals surface area contributed by atoms with Gasteiger partial charge in [0.1, 0.15) is 0 Å². The number of carbonyl (C=O) groups excluding carboxylic acids is 1. The molecule has 1 unspecified atom stereocenters. The van der Waals surface area contributed by atoms with E-state index in [2.05, 4.69) is 10.6 Å². The van der Waals surface area contributed by atoms with Gasteiger partial charge in [0.2, 0.25) is 5.91 Å². The molecule has 0 heterocycles. The van der Waals surface area contributed by atoms with E-state index >= 15 is 0 Å². The molecule has 0 aromatic carbocycles. The van der Waals surface area contributed by atoms with Crippen LogP contribution in [-0.4, -0.2) is 35.7 Å². The Morgan fingerprint density at radius 1 is 1.46 bits per heavy atom. The molecular formula is C9H20N2O2. The van der Waals surface area contributed by atoms with Gasteiger partial charge >= 0.3 is 0 Å². The van der Waals surface area contributed by atoms with Crippen molar-refractivity contribution in [1.82, 2.24) is 10.6 Å². The molecule has 0 fully saturated rings. The molecule has 0 aliphatic carbocycles. The van der Waals surface area contributed by atoms with Crippen molar-refractivity contribution < 1.29 is 9.90 Å². The Morgan fingerprint density at radius 2 is 2.00 bits per heavy atom. The molecule has 3 N–H and O–H groups in total. The highest BCUT2D eigenvalue weighted by Crippen LogP contribution is 1.98. The molecule has 78 valence electrons. The standard InChI is InChI=1S/C9H20N2O2/c1-7(10-5-6-12)8(13)11-9(2,3)4/h7,10,12H,5-6H2,1-4H3,(H,11,13). The molecule has 4 nitrogen and oxygen atoms in total. The Morgan fingerprint density at radius 3 is 2.38 bits per heavy atom. The van der Waals surface area contributed by atoms with Gasteiger partial charge in [0.15, 0.2) is 0 Å². The van der Waals surface area contributed by atoms with Crippen LogP contribution in [0.15, 0.2) is 0 Å². The van der Waals surface area contributed by atoms with Crippen molar-refractivity contribution in [3.8, 4) is 0 Å². The summed E-state index contributed by atoms with van der Waals surface area (Å²) in [5, 5.41) is 14.3. The van der Waals surface area contributed by atoms with Crippen LogP contribution in [0.25, 0.3) is 0 Å². The molecule has 4 heteroatoms. The van der Waals surface area contributed by atoms with Crippen LogP contribution in [0.5, 0.6) is 0 Å². The van der Waals surface area contributed by atoms with E-state index in [1.165, 1.54) is 0 Å². The third-order valence-corrected chi connectivity index (χ3v) is 1.45. The second-order valence-electron chi connectivity index (χ2n) is 4.14. The first kappa shape index (κ1) is 12.4. The first-order chi connectivity index (χ1) is 5.87. The highest BCUT2D eigenvalue weighted by atomic mass is 16.3. The number of carbonyl (C=O) groups is 1. The van der Waals surface area contributed by atoms with Gasteiger partial charge in [-0.1, -0.05) is 0 Å². The van der Waals surface area contributed by atoms with Gasteiger partial charge in [-0.05, 0) is 27.7 Å². The van der Waals surface area contributed by atoms with Crippen LogP contribution < -0.4 is 10.6 Å². The SMILES string of the molecule is CC(NCCO)C(=O)NC(C)(C)C. The number of hydrogen-bond acceptors (Lipinski definition) is 3. The monoisotopic (exact) mass is 188 g/mol. The summed E-state index contributed by atoms with van der Waals surface area (Å²) < 4.78 is 0. The van der Waals surface area contributed by atoms with Crippen LogP contribution in [0.3, 0.4) is 0 Å². The Labute approximate surface area is 79.7 Å². The molecule has 1 amide bonds.